The number of aromatic nitrogens is 1. The molecule has 0 unspecified atom stereocenters. The lowest BCUT2D eigenvalue weighted by molar-refractivity contribution is -0.113. The van der Waals surface area contributed by atoms with Gasteiger partial charge in [0.2, 0.25) is 0 Å². The molecule has 1 N–H and O–H groups in total. The van der Waals surface area contributed by atoms with Gasteiger partial charge >= 0.3 is 0 Å². The maximum absolute atomic E-state index is 13.7. The quantitative estimate of drug-likeness (QED) is 0.178. The average Bonchev–Trinajstić information content (AvgIpc) is 3.58. The number of amidine groups is 1. The Kier molecular flexibility index (Phi) is 7.78. The molecule has 0 aliphatic carbocycles. The number of amides is 1. The van der Waals surface area contributed by atoms with Gasteiger partial charge < -0.3 is 0 Å². The van der Waals surface area contributed by atoms with Gasteiger partial charge in [0.1, 0.15) is 11.5 Å². The Balaban J connectivity index is 1.32. The Labute approximate surface area is 260 Å². The molecule has 208 valence electrons. The fourth-order valence-corrected chi connectivity index (χ4v) is 6.72. The monoisotopic (exact) mass is 674 g/mol. The molecular weight excluding hydrogens is 656 g/mol. The van der Waals surface area contributed by atoms with E-state index in [1.54, 1.807) is 24.3 Å². The summed E-state index contributed by atoms with van der Waals surface area (Å²) < 4.78 is 29.3. The molecule has 1 amide bonds. The lowest BCUT2D eigenvalue weighted by Gasteiger charge is -2.15. The largest absolute Gasteiger partial charge is 0.284 e. The third-order valence-corrected chi connectivity index (χ3v) is 9.23. The summed E-state index contributed by atoms with van der Waals surface area (Å²) in [6.07, 6.45) is 1.75. The molecule has 0 saturated heterocycles. The minimum atomic E-state index is -3.82. The Morgan fingerprint density at radius 3 is 2.38 bits per heavy atom. The highest BCUT2D eigenvalue weighted by atomic mass is 79.9. The lowest BCUT2D eigenvalue weighted by atomic mass is 10.1. The van der Waals surface area contributed by atoms with Crippen LogP contribution in [0.1, 0.15) is 11.1 Å². The second-order valence-electron chi connectivity index (χ2n) is 9.18. The maximum Gasteiger partial charge on any atom is 0.284 e. The number of hydrogen-bond acceptors (Lipinski definition) is 6. The van der Waals surface area contributed by atoms with Crippen molar-refractivity contribution in [3.63, 3.8) is 0 Å². The third-order valence-electron chi connectivity index (χ3n) is 6.26. The van der Waals surface area contributed by atoms with Crippen LogP contribution < -0.4 is 9.62 Å². The first-order valence-electron chi connectivity index (χ1n) is 12.6. The topological polar surface area (TPSA) is 91.7 Å². The van der Waals surface area contributed by atoms with Crippen molar-refractivity contribution < 1.29 is 13.2 Å². The first-order valence-corrected chi connectivity index (χ1v) is 16.1. The number of sulfonamides is 1. The number of carbonyl (C=O) groups is 1. The highest BCUT2D eigenvalue weighted by Crippen LogP contribution is 2.34. The van der Waals surface area contributed by atoms with E-state index in [1.807, 2.05) is 66.0 Å². The molecule has 1 aliphatic heterocycles. The van der Waals surface area contributed by atoms with Crippen LogP contribution >= 0.6 is 38.9 Å². The molecule has 2 heterocycles. The van der Waals surface area contributed by atoms with Gasteiger partial charge in [0.25, 0.3) is 15.9 Å². The number of nitrogens with zero attached hydrogens (tertiary/aromatic N) is 3. The highest BCUT2D eigenvalue weighted by molar-refractivity contribution is 9.10. The van der Waals surface area contributed by atoms with Crippen LogP contribution in [0.25, 0.3) is 17.3 Å². The minimum absolute atomic E-state index is 0.0974. The number of halogens is 2. The zero-order chi connectivity index (χ0) is 29.3. The van der Waals surface area contributed by atoms with E-state index in [2.05, 4.69) is 20.7 Å². The van der Waals surface area contributed by atoms with E-state index in [0.29, 0.717) is 38.6 Å². The first-order chi connectivity index (χ1) is 20.3. The summed E-state index contributed by atoms with van der Waals surface area (Å²) in [4.78, 5) is 24.8. The smallest absolute Gasteiger partial charge is 0.280 e. The van der Waals surface area contributed by atoms with Gasteiger partial charge in [0.05, 0.1) is 10.6 Å². The number of nitrogens with one attached hydrogen (secondary N) is 1. The minimum Gasteiger partial charge on any atom is -0.280 e. The molecule has 0 spiro atoms. The van der Waals surface area contributed by atoms with Gasteiger partial charge in [-0.05, 0) is 60.2 Å². The number of hydrogen-bond donors (Lipinski definition) is 1. The van der Waals surface area contributed by atoms with Crippen molar-refractivity contribution in [3.05, 3.63) is 135 Å². The van der Waals surface area contributed by atoms with E-state index >= 15 is 0 Å². The molecule has 42 heavy (non-hydrogen) atoms. The predicted octanol–water partition coefficient (Wildman–Crippen LogP) is 7.86. The molecule has 7 nitrogen and oxygen atoms in total. The van der Waals surface area contributed by atoms with Crippen molar-refractivity contribution in [1.82, 2.24) is 4.98 Å². The van der Waals surface area contributed by atoms with Crippen molar-refractivity contribution in [1.29, 1.82) is 0 Å². The molecule has 4 aromatic carbocycles. The normalized spacial score (nSPS) is 14.3. The number of carbonyl (C=O) groups excluding carboxylic acids is 1. The zero-order valence-corrected chi connectivity index (χ0v) is 25.6. The summed E-state index contributed by atoms with van der Waals surface area (Å²) in [6, 6.07) is 30.0. The third kappa shape index (κ3) is 5.93. The van der Waals surface area contributed by atoms with Crippen molar-refractivity contribution in [3.8, 4) is 11.3 Å². The van der Waals surface area contributed by atoms with Crippen LogP contribution in [0.5, 0.6) is 0 Å². The summed E-state index contributed by atoms with van der Waals surface area (Å²) in [5, 5.41) is 2.72. The molecule has 1 aromatic heterocycles. The number of thiazole rings is 1. The lowest BCUT2D eigenvalue weighted by Crippen LogP contribution is -2.32. The zero-order valence-electron chi connectivity index (χ0n) is 21.6. The molecule has 0 saturated carbocycles. The summed E-state index contributed by atoms with van der Waals surface area (Å²) in [7, 11) is -3.82. The van der Waals surface area contributed by atoms with Gasteiger partial charge in [-0.15, -0.1) is 11.3 Å². The second-order valence-corrected chi connectivity index (χ2v) is 13.1. The van der Waals surface area contributed by atoms with E-state index in [1.165, 1.54) is 40.5 Å². The summed E-state index contributed by atoms with van der Waals surface area (Å²) in [5.41, 5.74) is 3.56. The Morgan fingerprint density at radius 2 is 1.62 bits per heavy atom. The summed E-state index contributed by atoms with van der Waals surface area (Å²) >= 11 is 10.7. The number of benzene rings is 4. The molecule has 5 aromatic rings. The summed E-state index contributed by atoms with van der Waals surface area (Å²) in [5.74, 6) is 0.187. The number of rotatable bonds is 7. The molecular formula is C31H20BrClN4O3S2. The van der Waals surface area contributed by atoms with Gasteiger partial charge in [-0.2, -0.15) is 0 Å². The van der Waals surface area contributed by atoms with Crippen LogP contribution in [0.2, 0.25) is 5.02 Å². The molecule has 0 atom stereocenters. The van der Waals surface area contributed by atoms with Crippen LogP contribution in [0.3, 0.4) is 0 Å². The van der Waals surface area contributed by atoms with Gasteiger partial charge in [-0.25, -0.2) is 23.3 Å². The van der Waals surface area contributed by atoms with Crippen LogP contribution in [0.4, 0.5) is 10.8 Å². The van der Waals surface area contributed by atoms with E-state index in [4.69, 9.17) is 21.6 Å². The van der Waals surface area contributed by atoms with E-state index < -0.39 is 10.0 Å². The van der Waals surface area contributed by atoms with Gasteiger partial charge in [-0.1, -0.05) is 82.1 Å². The van der Waals surface area contributed by atoms with Gasteiger partial charge in [-0.3, -0.25) is 9.52 Å². The van der Waals surface area contributed by atoms with Gasteiger partial charge in [0, 0.05) is 31.7 Å². The second kappa shape index (κ2) is 11.7. The fourth-order valence-electron chi connectivity index (χ4n) is 4.30. The number of aliphatic imine (C=N–C) groups is 1. The SMILES string of the molecule is O=C1/C(=C/c2cccc(Br)c2)N=C(c2ccccc2)N1c1nc(-c2cccc(NS(=O)(=O)c3ccc(Cl)cc3)c2)cs1. The van der Waals surface area contributed by atoms with Crippen molar-refractivity contribution in [2.24, 2.45) is 4.99 Å². The Morgan fingerprint density at radius 1 is 0.881 bits per heavy atom. The standard InChI is InChI=1S/C31H20BrClN4O3S2/c32-23-10-4-6-20(16-23)17-27-30(38)37(29(34-27)21-7-2-1-3-8-21)31-35-28(19-41-31)22-9-5-11-25(18-22)36-42(39,40)26-14-12-24(33)13-15-26/h1-19,36H/b27-17-. The van der Waals surface area contributed by atoms with Crippen molar-refractivity contribution in [2.75, 3.05) is 9.62 Å². The van der Waals surface area contributed by atoms with E-state index in [-0.39, 0.29) is 10.8 Å². The van der Waals surface area contributed by atoms with E-state index in [0.717, 1.165) is 15.6 Å². The molecule has 11 heteroatoms. The van der Waals surface area contributed by atoms with Gasteiger partial charge in [0.15, 0.2) is 5.13 Å². The molecule has 1 aliphatic rings. The average molecular weight is 676 g/mol. The Bertz CT molecular complexity index is 1970. The Hall–Kier alpha value is -4.09. The van der Waals surface area contributed by atoms with Crippen LogP contribution in [0, 0.1) is 0 Å². The molecule has 0 fully saturated rings. The van der Waals surface area contributed by atoms with Crippen LogP contribution in [-0.2, 0) is 14.8 Å². The van der Waals surface area contributed by atoms with Crippen LogP contribution in [0.15, 0.2) is 129 Å². The van der Waals surface area contributed by atoms with E-state index in [9.17, 15) is 13.2 Å². The highest BCUT2D eigenvalue weighted by Gasteiger charge is 2.34. The number of anilines is 2. The van der Waals surface area contributed by atoms with Crippen molar-refractivity contribution >= 4 is 77.5 Å². The van der Waals surface area contributed by atoms with Crippen molar-refractivity contribution in [2.45, 2.75) is 4.90 Å². The fraction of sp³-hybridized carbons (Fsp3) is 0. The predicted molar refractivity (Wildman–Crippen MR) is 172 cm³/mol. The molecule has 0 radical (unpaired) electrons. The maximum atomic E-state index is 13.7. The summed E-state index contributed by atoms with van der Waals surface area (Å²) in [6.45, 7) is 0. The molecule has 6 rings (SSSR count). The van der Waals surface area contributed by atoms with Crippen LogP contribution in [-0.4, -0.2) is 25.1 Å². The first kappa shape index (κ1) is 28.0. The molecule has 0 bridgehead atoms.